The van der Waals surface area contributed by atoms with Crippen molar-refractivity contribution in [1.82, 2.24) is 0 Å². The molecule has 3 heteroatoms. The van der Waals surface area contributed by atoms with Crippen LogP contribution in [0, 0.1) is 0 Å². The highest BCUT2D eigenvalue weighted by Crippen LogP contribution is 2.31. The molecule has 0 aliphatic carbocycles. The molecule has 0 aromatic heterocycles. The first-order chi connectivity index (χ1) is 5.38. The third-order valence-corrected chi connectivity index (χ3v) is 3.27. The first-order valence-electron chi connectivity index (χ1n) is 3.53. The van der Waals surface area contributed by atoms with Crippen LogP contribution in [0.2, 0.25) is 0 Å². The maximum absolute atomic E-state index is 3.53. The van der Waals surface area contributed by atoms with E-state index in [2.05, 4.69) is 38.9 Å². The van der Waals surface area contributed by atoms with Crippen LogP contribution in [0.3, 0.4) is 0 Å². The largest absolute Gasteiger partial charge is 0.329 e. The molecule has 1 aromatic rings. The average molecular weight is 230 g/mol. The van der Waals surface area contributed by atoms with Crippen molar-refractivity contribution in [3.8, 4) is 0 Å². The molecule has 1 aliphatic rings. The Morgan fingerprint density at radius 1 is 1.45 bits per heavy atom. The van der Waals surface area contributed by atoms with Crippen molar-refractivity contribution in [2.45, 2.75) is 6.42 Å². The molecule has 0 radical (unpaired) electrons. The van der Waals surface area contributed by atoms with E-state index in [-0.39, 0.29) is 0 Å². The predicted molar refractivity (Wildman–Crippen MR) is 53.9 cm³/mol. The lowest BCUT2D eigenvalue weighted by Crippen LogP contribution is -2.04. The van der Waals surface area contributed by atoms with Gasteiger partial charge in [-0.05, 0) is 24.1 Å². The number of rotatable bonds is 0. The summed E-state index contributed by atoms with van der Waals surface area (Å²) in [5, 5.41) is 0. The molecule has 1 aromatic carbocycles. The molecular formula is C8H8BrNS. The standard InChI is InChI=1S/C8H8BrNS/c9-7-2-1-3-8-6(7)4-5-11-10-8/h1-3,10H,4-5H2. The van der Waals surface area contributed by atoms with E-state index >= 15 is 0 Å². The van der Waals surface area contributed by atoms with E-state index in [9.17, 15) is 0 Å². The van der Waals surface area contributed by atoms with Crippen LogP contribution in [0.1, 0.15) is 5.56 Å². The van der Waals surface area contributed by atoms with Gasteiger partial charge in [-0.2, -0.15) is 0 Å². The van der Waals surface area contributed by atoms with Crippen molar-refractivity contribution in [3.05, 3.63) is 28.2 Å². The highest BCUT2D eigenvalue weighted by Gasteiger charge is 2.10. The number of halogens is 1. The number of fused-ring (bicyclic) bond motifs is 1. The van der Waals surface area contributed by atoms with Crippen molar-refractivity contribution >= 4 is 33.6 Å². The molecule has 0 bridgehead atoms. The number of nitrogens with one attached hydrogen (secondary N) is 1. The molecular weight excluding hydrogens is 222 g/mol. The van der Waals surface area contributed by atoms with Crippen LogP contribution in [-0.2, 0) is 6.42 Å². The van der Waals surface area contributed by atoms with Crippen LogP contribution in [0.15, 0.2) is 22.7 Å². The Bertz CT molecular complexity index is 275. The summed E-state index contributed by atoms with van der Waals surface area (Å²) in [6, 6.07) is 6.27. The maximum Gasteiger partial charge on any atom is 0.0483 e. The van der Waals surface area contributed by atoms with E-state index in [4.69, 9.17) is 0 Å². The molecule has 58 valence electrons. The molecule has 0 saturated heterocycles. The van der Waals surface area contributed by atoms with Crippen molar-refractivity contribution in [1.29, 1.82) is 0 Å². The summed E-state index contributed by atoms with van der Waals surface area (Å²) in [4.78, 5) is 0. The average Bonchev–Trinajstić information content (AvgIpc) is 2.06. The Morgan fingerprint density at radius 2 is 2.36 bits per heavy atom. The molecule has 1 heterocycles. The lowest BCUT2D eigenvalue weighted by atomic mass is 10.1. The second kappa shape index (κ2) is 3.07. The van der Waals surface area contributed by atoms with Gasteiger partial charge in [-0.1, -0.05) is 33.9 Å². The van der Waals surface area contributed by atoms with Crippen LogP contribution < -0.4 is 4.72 Å². The van der Waals surface area contributed by atoms with Gasteiger partial charge in [0, 0.05) is 15.9 Å². The highest BCUT2D eigenvalue weighted by atomic mass is 79.9. The Balaban J connectivity index is 2.49. The second-order valence-corrected chi connectivity index (χ2v) is 4.22. The molecule has 0 unspecified atom stereocenters. The maximum atomic E-state index is 3.53. The minimum Gasteiger partial charge on any atom is -0.329 e. The van der Waals surface area contributed by atoms with Gasteiger partial charge in [0.1, 0.15) is 0 Å². The van der Waals surface area contributed by atoms with Crippen molar-refractivity contribution in [2.75, 3.05) is 10.5 Å². The lowest BCUT2D eigenvalue weighted by Gasteiger charge is -2.17. The Kier molecular flexibility index (Phi) is 2.09. The number of hydrogen-bond acceptors (Lipinski definition) is 2. The minimum absolute atomic E-state index is 1.16. The highest BCUT2D eigenvalue weighted by molar-refractivity contribution is 9.10. The topological polar surface area (TPSA) is 12.0 Å². The van der Waals surface area contributed by atoms with Crippen molar-refractivity contribution < 1.29 is 0 Å². The fourth-order valence-electron chi connectivity index (χ4n) is 1.19. The van der Waals surface area contributed by atoms with Gasteiger partial charge in [-0.3, -0.25) is 0 Å². The van der Waals surface area contributed by atoms with E-state index in [1.807, 2.05) is 0 Å². The molecule has 2 rings (SSSR count). The van der Waals surface area contributed by atoms with Crippen LogP contribution >= 0.6 is 27.9 Å². The van der Waals surface area contributed by atoms with Gasteiger partial charge < -0.3 is 4.72 Å². The summed E-state index contributed by atoms with van der Waals surface area (Å²) in [6.07, 6.45) is 1.16. The zero-order chi connectivity index (χ0) is 7.68. The first kappa shape index (κ1) is 7.50. The Morgan fingerprint density at radius 3 is 3.18 bits per heavy atom. The summed E-state index contributed by atoms with van der Waals surface area (Å²) in [7, 11) is 0. The summed E-state index contributed by atoms with van der Waals surface area (Å²) < 4.78 is 4.51. The zero-order valence-corrected chi connectivity index (χ0v) is 8.33. The van der Waals surface area contributed by atoms with Crippen LogP contribution in [0.5, 0.6) is 0 Å². The van der Waals surface area contributed by atoms with Gasteiger partial charge in [0.2, 0.25) is 0 Å². The van der Waals surface area contributed by atoms with E-state index in [0.29, 0.717) is 0 Å². The zero-order valence-electron chi connectivity index (χ0n) is 5.93. The van der Waals surface area contributed by atoms with E-state index in [1.165, 1.54) is 15.7 Å². The van der Waals surface area contributed by atoms with E-state index in [0.717, 1.165) is 12.2 Å². The SMILES string of the molecule is Brc1cccc2c1CCSN2. The predicted octanol–water partition coefficient (Wildman–Crippen LogP) is 3.07. The summed E-state index contributed by atoms with van der Waals surface area (Å²) in [5.74, 6) is 1.16. The monoisotopic (exact) mass is 229 g/mol. The molecule has 1 N–H and O–H groups in total. The lowest BCUT2D eigenvalue weighted by molar-refractivity contribution is 1.13. The van der Waals surface area contributed by atoms with Gasteiger partial charge in [-0.25, -0.2) is 0 Å². The molecule has 0 atom stereocenters. The minimum atomic E-state index is 1.16. The van der Waals surface area contributed by atoms with Gasteiger partial charge in [0.05, 0.1) is 0 Å². The molecule has 0 amide bonds. The molecule has 11 heavy (non-hydrogen) atoms. The smallest absolute Gasteiger partial charge is 0.0483 e. The normalized spacial score (nSPS) is 15.4. The molecule has 0 saturated carbocycles. The summed E-state index contributed by atoms with van der Waals surface area (Å²) in [5.41, 5.74) is 2.67. The van der Waals surface area contributed by atoms with Gasteiger partial charge in [0.25, 0.3) is 0 Å². The molecule has 1 aliphatic heterocycles. The Hall–Kier alpha value is -0.150. The van der Waals surface area contributed by atoms with E-state index < -0.39 is 0 Å². The number of hydrogen-bond donors (Lipinski definition) is 1. The van der Waals surface area contributed by atoms with Crippen LogP contribution in [0.25, 0.3) is 0 Å². The third kappa shape index (κ3) is 1.40. The van der Waals surface area contributed by atoms with Crippen LogP contribution in [-0.4, -0.2) is 5.75 Å². The van der Waals surface area contributed by atoms with Gasteiger partial charge >= 0.3 is 0 Å². The van der Waals surface area contributed by atoms with Gasteiger partial charge in [-0.15, -0.1) is 0 Å². The second-order valence-electron chi connectivity index (χ2n) is 2.47. The fraction of sp³-hybridized carbons (Fsp3) is 0.250. The molecule has 1 nitrogen and oxygen atoms in total. The van der Waals surface area contributed by atoms with Gasteiger partial charge in [0.15, 0.2) is 0 Å². The van der Waals surface area contributed by atoms with Crippen LogP contribution in [0.4, 0.5) is 5.69 Å². The quantitative estimate of drug-likeness (QED) is 0.687. The number of benzene rings is 1. The fourth-order valence-corrected chi connectivity index (χ4v) is 2.51. The van der Waals surface area contributed by atoms with E-state index in [1.54, 1.807) is 11.9 Å². The third-order valence-electron chi connectivity index (χ3n) is 1.76. The Labute approximate surface area is 78.8 Å². The summed E-state index contributed by atoms with van der Waals surface area (Å²) in [6.45, 7) is 0. The molecule has 0 spiro atoms. The number of anilines is 1. The summed E-state index contributed by atoms with van der Waals surface area (Å²) >= 11 is 5.31. The molecule has 0 fully saturated rings. The first-order valence-corrected chi connectivity index (χ1v) is 5.31. The van der Waals surface area contributed by atoms with Crippen molar-refractivity contribution in [2.24, 2.45) is 0 Å². The van der Waals surface area contributed by atoms with Crippen molar-refractivity contribution in [3.63, 3.8) is 0 Å².